The van der Waals surface area contributed by atoms with Crippen LogP contribution in [0, 0.1) is 6.92 Å². The molecule has 5 nitrogen and oxygen atoms in total. The van der Waals surface area contributed by atoms with Crippen LogP contribution >= 0.6 is 0 Å². The minimum absolute atomic E-state index is 0.164. The Bertz CT molecular complexity index is 705. The third-order valence-corrected chi connectivity index (χ3v) is 3.40. The van der Waals surface area contributed by atoms with E-state index in [9.17, 15) is 9.59 Å². The molecule has 0 unspecified atom stereocenters. The maximum Gasteiger partial charge on any atom is 0.353 e. The Hall–Kier alpha value is -2.08. The van der Waals surface area contributed by atoms with Crippen molar-refractivity contribution in [2.75, 3.05) is 13.2 Å². The lowest BCUT2D eigenvalue weighted by Crippen LogP contribution is -2.09. The van der Waals surface area contributed by atoms with E-state index in [-0.39, 0.29) is 29.4 Å². The Balaban J connectivity index is 2.73. The summed E-state index contributed by atoms with van der Waals surface area (Å²) in [6, 6.07) is 3.63. The van der Waals surface area contributed by atoms with E-state index in [1.54, 1.807) is 30.5 Å². The molecule has 0 spiro atoms. The fourth-order valence-electron chi connectivity index (χ4n) is 2.13. The number of ether oxygens (including phenoxy) is 2. The molecule has 2 aromatic heterocycles. The standard InChI is InChI=1S/C15H17NO4S/c1-4-19-14(17)11-10-8-9(3)6-7-16(10)12(13(11)21)15(18)20-5-2/h6-8,21H,4-5H2,1-3H3/p-1. The van der Waals surface area contributed by atoms with Gasteiger partial charge in [0.05, 0.1) is 24.3 Å². The molecule has 0 N–H and O–H groups in total. The molecule has 0 aliphatic heterocycles. The molecule has 0 atom stereocenters. The van der Waals surface area contributed by atoms with E-state index >= 15 is 0 Å². The average molecular weight is 306 g/mol. The lowest BCUT2D eigenvalue weighted by molar-refractivity contribution is 0.0514. The summed E-state index contributed by atoms with van der Waals surface area (Å²) < 4.78 is 11.6. The number of hydrogen-bond donors (Lipinski definition) is 0. The van der Waals surface area contributed by atoms with Crippen LogP contribution < -0.4 is 0 Å². The predicted molar refractivity (Wildman–Crippen MR) is 79.7 cm³/mol. The number of esters is 2. The van der Waals surface area contributed by atoms with Gasteiger partial charge in [-0.2, -0.15) is 0 Å². The molecule has 0 amide bonds. The van der Waals surface area contributed by atoms with Crippen molar-refractivity contribution in [1.29, 1.82) is 0 Å². The maximum atomic E-state index is 12.1. The van der Waals surface area contributed by atoms with Crippen molar-refractivity contribution in [3.05, 3.63) is 35.2 Å². The summed E-state index contributed by atoms with van der Waals surface area (Å²) >= 11 is 5.29. The van der Waals surface area contributed by atoms with E-state index in [2.05, 4.69) is 0 Å². The molecular weight excluding hydrogens is 290 g/mol. The van der Waals surface area contributed by atoms with Crippen LogP contribution in [0.1, 0.15) is 40.3 Å². The van der Waals surface area contributed by atoms with Gasteiger partial charge in [-0.15, -0.1) is 4.90 Å². The van der Waals surface area contributed by atoms with Gasteiger partial charge in [0.1, 0.15) is 5.69 Å². The molecule has 112 valence electrons. The minimum Gasteiger partial charge on any atom is -0.777 e. The van der Waals surface area contributed by atoms with E-state index in [0.29, 0.717) is 5.52 Å². The number of pyridine rings is 1. The van der Waals surface area contributed by atoms with Gasteiger partial charge in [-0.25, -0.2) is 9.59 Å². The molecule has 21 heavy (non-hydrogen) atoms. The first-order valence-electron chi connectivity index (χ1n) is 6.67. The number of aryl methyl sites for hydroxylation is 1. The van der Waals surface area contributed by atoms with E-state index in [1.807, 2.05) is 13.0 Å². The SMILES string of the molecule is CCOC(=O)c1c([S-])c(C(=O)OCC)n2ccc(C)cc12. The summed E-state index contributed by atoms with van der Waals surface area (Å²) in [6.07, 6.45) is 1.70. The van der Waals surface area contributed by atoms with E-state index in [1.165, 1.54) is 0 Å². The summed E-state index contributed by atoms with van der Waals surface area (Å²) in [4.78, 5) is 24.4. The highest BCUT2D eigenvalue weighted by Crippen LogP contribution is 2.26. The van der Waals surface area contributed by atoms with Gasteiger partial charge in [-0.3, -0.25) is 0 Å². The number of hydrogen-bond acceptors (Lipinski definition) is 5. The highest BCUT2D eigenvalue weighted by molar-refractivity contribution is 7.59. The molecule has 0 radical (unpaired) electrons. The van der Waals surface area contributed by atoms with Crippen LogP contribution in [0.25, 0.3) is 5.52 Å². The minimum atomic E-state index is -0.545. The van der Waals surface area contributed by atoms with Crippen molar-refractivity contribution >= 4 is 30.1 Å². The molecule has 0 fully saturated rings. The third kappa shape index (κ3) is 2.71. The fraction of sp³-hybridized carbons (Fsp3) is 0.333. The quantitative estimate of drug-likeness (QED) is 0.641. The first-order chi connectivity index (χ1) is 10.0. The summed E-state index contributed by atoms with van der Waals surface area (Å²) in [6.45, 7) is 5.81. The third-order valence-electron chi connectivity index (χ3n) is 3.00. The van der Waals surface area contributed by atoms with Crippen molar-refractivity contribution in [3.8, 4) is 0 Å². The molecular formula is C15H16NO4S-. The smallest absolute Gasteiger partial charge is 0.353 e. The topological polar surface area (TPSA) is 57.0 Å². The molecule has 0 aliphatic carbocycles. The highest BCUT2D eigenvalue weighted by atomic mass is 32.1. The van der Waals surface area contributed by atoms with Gasteiger partial charge in [0.2, 0.25) is 0 Å². The molecule has 0 saturated carbocycles. The van der Waals surface area contributed by atoms with Crippen LogP contribution in [0.5, 0.6) is 0 Å². The summed E-state index contributed by atoms with van der Waals surface area (Å²) in [5, 5.41) is 0. The van der Waals surface area contributed by atoms with Crippen LogP contribution in [0.3, 0.4) is 0 Å². The molecule has 6 heteroatoms. The molecule has 0 aromatic carbocycles. The summed E-state index contributed by atoms with van der Waals surface area (Å²) in [5.74, 6) is -1.07. The first-order valence-corrected chi connectivity index (χ1v) is 7.08. The monoisotopic (exact) mass is 306 g/mol. The van der Waals surface area contributed by atoms with Gasteiger partial charge in [-0.1, -0.05) is 0 Å². The zero-order chi connectivity index (χ0) is 15.6. The molecule has 2 rings (SSSR count). The zero-order valence-corrected chi connectivity index (χ0v) is 13.0. The van der Waals surface area contributed by atoms with E-state index in [4.69, 9.17) is 22.1 Å². The molecule has 0 bridgehead atoms. The number of nitrogens with zero attached hydrogens (tertiary/aromatic N) is 1. The van der Waals surface area contributed by atoms with Crippen molar-refractivity contribution < 1.29 is 19.1 Å². The van der Waals surface area contributed by atoms with Gasteiger partial charge >= 0.3 is 11.9 Å². The van der Waals surface area contributed by atoms with Gasteiger partial charge in [0, 0.05) is 6.20 Å². The molecule has 2 heterocycles. The number of carbonyl (C=O) groups is 2. The molecule has 0 aliphatic rings. The number of rotatable bonds is 4. The second kappa shape index (κ2) is 6.13. The van der Waals surface area contributed by atoms with Gasteiger partial charge < -0.3 is 26.5 Å². The van der Waals surface area contributed by atoms with Gasteiger partial charge in [0.25, 0.3) is 0 Å². The van der Waals surface area contributed by atoms with Crippen LogP contribution in [0.15, 0.2) is 23.2 Å². The first kappa shape index (κ1) is 15.3. The Kier molecular flexibility index (Phi) is 4.47. The van der Waals surface area contributed by atoms with Gasteiger partial charge in [0.15, 0.2) is 0 Å². The van der Waals surface area contributed by atoms with Crippen molar-refractivity contribution in [3.63, 3.8) is 0 Å². The lowest BCUT2D eigenvalue weighted by atomic mass is 10.2. The normalized spacial score (nSPS) is 10.6. The predicted octanol–water partition coefficient (Wildman–Crippen LogP) is 2.51. The lowest BCUT2D eigenvalue weighted by Gasteiger charge is -2.10. The largest absolute Gasteiger partial charge is 0.777 e. The number of carbonyl (C=O) groups excluding carboxylic acids is 2. The maximum absolute atomic E-state index is 12.1. The van der Waals surface area contributed by atoms with E-state index in [0.717, 1.165) is 5.56 Å². The van der Waals surface area contributed by atoms with Crippen molar-refractivity contribution in [2.24, 2.45) is 0 Å². The second-order valence-corrected chi connectivity index (χ2v) is 4.86. The molecule has 2 aromatic rings. The van der Waals surface area contributed by atoms with E-state index < -0.39 is 11.9 Å². The Morgan fingerprint density at radius 2 is 1.81 bits per heavy atom. The zero-order valence-electron chi connectivity index (χ0n) is 12.1. The Morgan fingerprint density at radius 3 is 2.43 bits per heavy atom. The average Bonchev–Trinajstić information content (AvgIpc) is 2.70. The highest BCUT2D eigenvalue weighted by Gasteiger charge is 2.22. The fourth-order valence-corrected chi connectivity index (χ4v) is 2.50. The van der Waals surface area contributed by atoms with Crippen LogP contribution in [-0.4, -0.2) is 29.6 Å². The Labute approximate surface area is 128 Å². The van der Waals surface area contributed by atoms with Gasteiger partial charge in [-0.05, 0) is 38.5 Å². The van der Waals surface area contributed by atoms with Crippen molar-refractivity contribution in [1.82, 2.24) is 4.40 Å². The second-order valence-electron chi connectivity index (χ2n) is 4.45. The summed E-state index contributed by atoms with van der Waals surface area (Å²) in [5.41, 5.74) is 1.93. The number of aromatic nitrogens is 1. The summed E-state index contributed by atoms with van der Waals surface area (Å²) in [7, 11) is 0. The van der Waals surface area contributed by atoms with Crippen LogP contribution in [-0.2, 0) is 22.1 Å². The van der Waals surface area contributed by atoms with Crippen LogP contribution in [0.4, 0.5) is 0 Å². The molecule has 0 saturated heterocycles. The number of fused-ring (bicyclic) bond motifs is 1. The van der Waals surface area contributed by atoms with Crippen molar-refractivity contribution in [2.45, 2.75) is 25.7 Å². The Morgan fingerprint density at radius 1 is 1.19 bits per heavy atom. The van der Waals surface area contributed by atoms with Crippen LogP contribution in [0.2, 0.25) is 0 Å².